The maximum atomic E-state index is 12.7. The summed E-state index contributed by atoms with van der Waals surface area (Å²) >= 11 is 0. The highest BCUT2D eigenvalue weighted by Crippen LogP contribution is 2.20. The lowest BCUT2D eigenvalue weighted by atomic mass is 10.2. The summed E-state index contributed by atoms with van der Waals surface area (Å²) in [6.07, 6.45) is 0. The van der Waals surface area contributed by atoms with Crippen molar-refractivity contribution >= 4 is 31.6 Å². The summed E-state index contributed by atoms with van der Waals surface area (Å²) in [6.45, 7) is 1.82. The maximum Gasteiger partial charge on any atom is 0.266 e. The highest BCUT2D eigenvalue weighted by atomic mass is 32.2. The number of aryl methyl sites for hydroxylation is 1. The lowest BCUT2D eigenvalue weighted by molar-refractivity contribution is 0.0945. The quantitative estimate of drug-likeness (QED) is 0.429. The summed E-state index contributed by atoms with van der Waals surface area (Å²) in [4.78, 5) is 14.2. The van der Waals surface area contributed by atoms with Crippen molar-refractivity contribution in [2.24, 2.45) is 0 Å². The number of carbonyl (C=O) groups excluding carboxylic acids is 1. The molecule has 0 aliphatic rings. The predicted octanol–water partition coefficient (Wildman–Crippen LogP) is 2.43. The zero-order chi connectivity index (χ0) is 23.4. The number of carbonyl (C=O) groups is 1. The Morgan fingerprint density at radius 1 is 0.812 bits per heavy atom. The fraction of sp³-hybridized carbons (Fsp3) is 0.0952. The van der Waals surface area contributed by atoms with E-state index in [-0.39, 0.29) is 15.4 Å². The van der Waals surface area contributed by atoms with E-state index in [0.717, 1.165) is 11.6 Å². The van der Waals surface area contributed by atoms with Gasteiger partial charge in [-0.2, -0.15) is 0 Å². The lowest BCUT2D eigenvalue weighted by Crippen LogP contribution is -2.41. The SMILES string of the molecule is COc1ccc(NS(=O)(=O)c2cccc(C(=O)NNS(=O)(=O)c3ccc(C)cc3)c2)cc1. The largest absolute Gasteiger partial charge is 0.497 e. The second kappa shape index (κ2) is 9.39. The van der Waals surface area contributed by atoms with Gasteiger partial charge in [0.05, 0.1) is 16.9 Å². The number of benzene rings is 3. The van der Waals surface area contributed by atoms with Crippen molar-refractivity contribution in [3.8, 4) is 5.75 Å². The second-order valence-corrected chi connectivity index (χ2v) is 10.1. The summed E-state index contributed by atoms with van der Waals surface area (Å²) in [7, 11) is -6.48. The van der Waals surface area contributed by atoms with Crippen LogP contribution in [-0.4, -0.2) is 29.9 Å². The van der Waals surface area contributed by atoms with Crippen LogP contribution in [0.3, 0.4) is 0 Å². The Labute approximate surface area is 186 Å². The average Bonchev–Trinajstić information content (AvgIpc) is 2.78. The minimum absolute atomic E-state index is 0.0246. The minimum Gasteiger partial charge on any atom is -0.497 e. The molecule has 0 saturated carbocycles. The van der Waals surface area contributed by atoms with Crippen LogP contribution in [-0.2, 0) is 20.0 Å². The van der Waals surface area contributed by atoms with Crippen LogP contribution in [0, 0.1) is 6.92 Å². The Hall–Kier alpha value is -3.41. The number of hydrogen-bond donors (Lipinski definition) is 3. The Morgan fingerprint density at radius 2 is 1.47 bits per heavy atom. The van der Waals surface area contributed by atoms with Crippen molar-refractivity contribution in [1.82, 2.24) is 10.3 Å². The molecule has 0 unspecified atom stereocenters. The summed E-state index contributed by atoms with van der Waals surface area (Å²) in [5.74, 6) is -0.248. The van der Waals surface area contributed by atoms with E-state index in [9.17, 15) is 21.6 Å². The highest BCUT2D eigenvalue weighted by Gasteiger charge is 2.19. The summed E-state index contributed by atoms with van der Waals surface area (Å²) in [5.41, 5.74) is 3.24. The monoisotopic (exact) mass is 475 g/mol. The van der Waals surface area contributed by atoms with Crippen LogP contribution < -0.4 is 19.7 Å². The van der Waals surface area contributed by atoms with E-state index in [1.807, 2.05) is 11.8 Å². The average molecular weight is 476 g/mol. The van der Waals surface area contributed by atoms with Crippen molar-refractivity contribution < 1.29 is 26.4 Å². The summed E-state index contributed by atoms with van der Waals surface area (Å²) in [6, 6.07) is 17.5. The lowest BCUT2D eigenvalue weighted by Gasteiger charge is -2.11. The first-order valence-electron chi connectivity index (χ1n) is 9.26. The summed E-state index contributed by atoms with van der Waals surface area (Å²) < 4.78 is 57.4. The van der Waals surface area contributed by atoms with Crippen molar-refractivity contribution in [2.45, 2.75) is 16.7 Å². The number of ether oxygens (including phenoxy) is 1. The number of rotatable bonds is 8. The molecule has 3 aromatic rings. The topological polar surface area (TPSA) is 131 Å². The first-order valence-corrected chi connectivity index (χ1v) is 12.2. The third kappa shape index (κ3) is 5.63. The molecule has 3 rings (SSSR count). The van der Waals surface area contributed by atoms with Gasteiger partial charge in [0.15, 0.2) is 0 Å². The molecule has 3 aromatic carbocycles. The van der Waals surface area contributed by atoms with E-state index in [1.165, 1.54) is 49.6 Å². The number of hydrogen-bond acceptors (Lipinski definition) is 6. The van der Waals surface area contributed by atoms with Crippen molar-refractivity contribution in [3.05, 3.63) is 83.9 Å². The number of amides is 1. The molecule has 3 N–H and O–H groups in total. The number of hydrazine groups is 1. The van der Waals surface area contributed by atoms with Gasteiger partial charge in [0.25, 0.3) is 26.0 Å². The van der Waals surface area contributed by atoms with Gasteiger partial charge in [-0.1, -0.05) is 23.8 Å². The van der Waals surface area contributed by atoms with Crippen LogP contribution in [0.5, 0.6) is 5.75 Å². The molecule has 0 aliphatic carbocycles. The Balaban J connectivity index is 1.72. The van der Waals surface area contributed by atoms with Crippen LogP contribution in [0.1, 0.15) is 15.9 Å². The van der Waals surface area contributed by atoms with Crippen LogP contribution in [0.4, 0.5) is 5.69 Å². The third-order valence-electron chi connectivity index (χ3n) is 4.38. The van der Waals surface area contributed by atoms with Crippen LogP contribution in [0.25, 0.3) is 0 Å². The van der Waals surface area contributed by atoms with E-state index in [0.29, 0.717) is 11.4 Å². The van der Waals surface area contributed by atoms with Gasteiger partial charge in [-0.05, 0) is 61.5 Å². The van der Waals surface area contributed by atoms with Crippen LogP contribution in [0.15, 0.2) is 82.6 Å². The Bertz CT molecular complexity index is 1320. The number of nitrogens with one attached hydrogen (secondary N) is 3. The molecule has 1 amide bonds. The molecule has 0 atom stereocenters. The van der Waals surface area contributed by atoms with Gasteiger partial charge in [-0.25, -0.2) is 16.8 Å². The zero-order valence-electron chi connectivity index (χ0n) is 17.2. The van der Waals surface area contributed by atoms with Gasteiger partial charge in [0, 0.05) is 11.3 Å². The van der Waals surface area contributed by atoms with E-state index in [2.05, 4.69) is 10.1 Å². The maximum absolute atomic E-state index is 12.7. The molecule has 0 spiro atoms. The second-order valence-electron chi connectivity index (χ2n) is 6.73. The molecule has 9 nitrogen and oxygen atoms in total. The number of sulfonamides is 2. The molecule has 0 aliphatic heterocycles. The van der Waals surface area contributed by atoms with Crippen LogP contribution in [0.2, 0.25) is 0 Å². The first-order chi connectivity index (χ1) is 15.1. The van der Waals surface area contributed by atoms with E-state index in [4.69, 9.17) is 4.74 Å². The third-order valence-corrected chi connectivity index (χ3v) is 7.02. The molecule has 0 radical (unpaired) electrons. The molecular formula is C21H21N3O6S2. The van der Waals surface area contributed by atoms with E-state index in [1.54, 1.807) is 24.3 Å². The summed E-state index contributed by atoms with van der Waals surface area (Å²) in [5, 5.41) is 0. The van der Waals surface area contributed by atoms with Gasteiger partial charge >= 0.3 is 0 Å². The zero-order valence-corrected chi connectivity index (χ0v) is 18.8. The van der Waals surface area contributed by atoms with E-state index >= 15 is 0 Å². The Kier molecular flexibility index (Phi) is 6.82. The standard InChI is InChI=1S/C21H21N3O6S2/c1-15-6-12-19(13-7-15)32(28,29)24-22-21(25)16-4-3-5-20(14-16)31(26,27)23-17-8-10-18(30-2)11-9-17/h3-14,23-24H,1-2H3,(H,22,25). The van der Waals surface area contributed by atoms with Gasteiger partial charge in [0.2, 0.25) is 0 Å². The molecule has 168 valence electrons. The normalized spacial score (nSPS) is 11.6. The Morgan fingerprint density at radius 3 is 2.09 bits per heavy atom. The molecule has 0 bridgehead atoms. The molecule has 0 saturated heterocycles. The highest BCUT2D eigenvalue weighted by molar-refractivity contribution is 7.92. The first kappa shape index (κ1) is 23.3. The predicted molar refractivity (Wildman–Crippen MR) is 119 cm³/mol. The van der Waals surface area contributed by atoms with E-state index < -0.39 is 26.0 Å². The fourth-order valence-corrected chi connectivity index (χ4v) is 4.58. The van der Waals surface area contributed by atoms with Crippen LogP contribution >= 0.6 is 0 Å². The molecule has 0 heterocycles. The van der Waals surface area contributed by atoms with Gasteiger partial charge in [-0.3, -0.25) is 14.9 Å². The molecule has 32 heavy (non-hydrogen) atoms. The molecular weight excluding hydrogens is 454 g/mol. The van der Waals surface area contributed by atoms with Crippen molar-refractivity contribution in [2.75, 3.05) is 11.8 Å². The molecule has 0 fully saturated rings. The number of anilines is 1. The minimum atomic E-state index is -3.99. The smallest absolute Gasteiger partial charge is 0.266 e. The van der Waals surface area contributed by atoms with Crippen molar-refractivity contribution in [3.63, 3.8) is 0 Å². The van der Waals surface area contributed by atoms with Gasteiger partial charge in [0.1, 0.15) is 5.75 Å². The molecule has 11 heteroatoms. The van der Waals surface area contributed by atoms with Gasteiger partial charge in [-0.15, -0.1) is 4.83 Å². The fourth-order valence-electron chi connectivity index (χ4n) is 2.64. The van der Waals surface area contributed by atoms with Gasteiger partial charge < -0.3 is 4.74 Å². The number of methoxy groups -OCH3 is 1. The van der Waals surface area contributed by atoms with Crippen molar-refractivity contribution in [1.29, 1.82) is 0 Å². The molecule has 0 aromatic heterocycles.